The van der Waals surface area contributed by atoms with Gasteiger partial charge in [-0.1, -0.05) is 45.0 Å². The normalized spacial score (nSPS) is 18.9. The number of methoxy groups -OCH3 is 2. The molecular weight excluding hydrogens is 628 g/mol. The van der Waals surface area contributed by atoms with E-state index < -0.39 is 37.9 Å². The van der Waals surface area contributed by atoms with Crippen molar-refractivity contribution in [3.8, 4) is 11.5 Å². The van der Waals surface area contributed by atoms with E-state index in [1.807, 2.05) is 24.3 Å². The van der Waals surface area contributed by atoms with E-state index in [9.17, 15) is 14.4 Å². The molecule has 0 aliphatic carbocycles. The van der Waals surface area contributed by atoms with Gasteiger partial charge in [-0.25, -0.2) is 9.59 Å². The average Bonchev–Trinajstić information content (AvgIpc) is 3.17. The molecule has 0 radical (unpaired) electrons. The van der Waals surface area contributed by atoms with Gasteiger partial charge in [-0.15, -0.1) is 0 Å². The summed E-state index contributed by atoms with van der Waals surface area (Å²) in [5, 5.41) is 4.42. The Labute approximate surface area is 285 Å². The van der Waals surface area contributed by atoms with Crippen molar-refractivity contribution in [3.05, 3.63) is 71.8 Å². The Hall–Kier alpha value is -4.09. The molecule has 0 saturated carbocycles. The molecular formula is C37H50N2O8Si. The van der Waals surface area contributed by atoms with Crippen LogP contribution in [0, 0.1) is 0 Å². The van der Waals surface area contributed by atoms with Gasteiger partial charge in [-0.3, -0.25) is 9.69 Å². The Balaban J connectivity index is 1.81. The SMILES string of the molecule is COc1ccc2cc(OC)c(C(=O)OC3(O[Si](C)(C)C(C)(C)C)CCCN(C(=O)OC(C)(C)C)C(NC(=O)c4ccccc4)C3)cc2c1. The molecule has 1 N–H and O–H groups in total. The van der Waals surface area contributed by atoms with E-state index in [2.05, 4.69) is 39.2 Å². The number of ether oxygens (including phenoxy) is 4. The van der Waals surface area contributed by atoms with Gasteiger partial charge >= 0.3 is 12.1 Å². The molecule has 4 rings (SSSR count). The second-order valence-electron chi connectivity index (χ2n) is 14.8. The number of rotatable bonds is 8. The maximum Gasteiger partial charge on any atom is 0.411 e. The van der Waals surface area contributed by atoms with Gasteiger partial charge in [0.15, 0.2) is 8.32 Å². The van der Waals surface area contributed by atoms with Crippen molar-refractivity contribution in [2.75, 3.05) is 20.8 Å². The van der Waals surface area contributed by atoms with Gasteiger partial charge in [-0.2, -0.15) is 0 Å². The third-order valence-electron chi connectivity index (χ3n) is 8.91. The number of carbonyl (C=O) groups is 3. The zero-order valence-corrected chi connectivity index (χ0v) is 30.9. The highest BCUT2D eigenvalue weighted by Crippen LogP contribution is 2.44. The van der Waals surface area contributed by atoms with Crippen LogP contribution in [0.15, 0.2) is 60.7 Å². The first kappa shape index (κ1) is 36.7. The number of likely N-dealkylation sites (tertiary alicyclic amines) is 1. The van der Waals surface area contributed by atoms with E-state index in [-0.39, 0.29) is 35.9 Å². The minimum atomic E-state index is -2.63. The summed E-state index contributed by atoms with van der Waals surface area (Å²) in [6, 6.07) is 17.8. The van der Waals surface area contributed by atoms with E-state index in [4.69, 9.17) is 23.4 Å². The third-order valence-corrected chi connectivity index (χ3v) is 13.4. The van der Waals surface area contributed by atoms with Gasteiger partial charge in [0.05, 0.1) is 20.6 Å². The number of hydrogen-bond donors (Lipinski definition) is 1. The molecule has 1 heterocycles. The maximum atomic E-state index is 14.3. The Morgan fingerprint density at radius 2 is 1.58 bits per heavy atom. The topological polar surface area (TPSA) is 113 Å². The lowest BCUT2D eigenvalue weighted by molar-refractivity contribution is -0.166. The minimum absolute atomic E-state index is 0.0210. The fourth-order valence-electron chi connectivity index (χ4n) is 5.43. The second kappa shape index (κ2) is 14.2. The molecule has 48 heavy (non-hydrogen) atoms. The Morgan fingerprint density at radius 1 is 0.896 bits per heavy atom. The van der Waals surface area contributed by atoms with Crippen molar-refractivity contribution in [2.45, 2.75) is 96.5 Å². The van der Waals surface area contributed by atoms with Gasteiger partial charge in [0, 0.05) is 18.5 Å². The van der Waals surface area contributed by atoms with E-state index in [1.165, 1.54) is 12.0 Å². The van der Waals surface area contributed by atoms with E-state index in [1.54, 1.807) is 64.3 Å². The van der Waals surface area contributed by atoms with Crippen LogP contribution in [0.3, 0.4) is 0 Å². The van der Waals surface area contributed by atoms with Crippen molar-refractivity contribution in [1.82, 2.24) is 10.2 Å². The zero-order chi connectivity index (χ0) is 35.5. The molecule has 0 bridgehead atoms. The second-order valence-corrected chi connectivity index (χ2v) is 19.5. The van der Waals surface area contributed by atoms with Gasteiger partial charge in [0.25, 0.3) is 5.91 Å². The standard InChI is InChI=1S/C37H50N2O8Si/c1-35(2,3)46-34(42)39-20-14-19-37(47-48(9,10)36(4,5)6,24-31(39)38-32(40)25-15-12-11-13-16-25)45-33(41)29-22-27-21-28(43-7)18-17-26(27)23-30(29)44-8/h11-13,15-18,21-23,31H,14,19-20,24H2,1-10H3,(H,38,40). The Bertz CT molecular complexity index is 1630. The van der Waals surface area contributed by atoms with Crippen LogP contribution in [0.1, 0.15) is 81.5 Å². The van der Waals surface area contributed by atoms with Crippen LogP contribution >= 0.6 is 0 Å². The maximum absolute atomic E-state index is 14.3. The van der Waals surface area contributed by atoms with Crippen LogP contribution < -0.4 is 14.8 Å². The highest BCUT2D eigenvalue weighted by Gasteiger charge is 2.51. The molecule has 0 aromatic heterocycles. The largest absolute Gasteiger partial charge is 0.497 e. The number of carbonyl (C=O) groups excluding carboxylic acids is 3. The smallest absolute Gasteiger partial charge is 0.411 e. The van der Waals surface area contributed by atoms with E-state index in [0.717, 1.165) is 10.8 Å². The van der Waals surface area contributed by atoms with Crippen LogP contribution in [0.2, 0.25) is 18.1 Å². The fraction of sp³-hybridized carbons (Fsp3) is 0.486. The summed E-state index contributed by atoms with van der Waals surface area (Å²) in [4.78, 5) is 43.0. The first-order chi connectivity index (χ1) is 22.4. The van der Waals surface area contributed by atoms with Crippen LogP contribution in [-0.2, 0) is 13.9 Å². The number of esters is 1. The molecule has 1 fully saturated rings. The fourth-order valence-corrected chi connectivity index (χ4v) is 6.90. The van der Waals surface area contributed by atoms with Gasteiger partial charge in [-0.05, 0) is 92.5 Å². The lowest BCUT2D eigenvalue weighted by Gasteiger charge is -2.45. The summed E-state index contributed by atoms with van der Waals surface area (Å²) < 4.78 is 30.4. The van der Waals surface area contributed by atoms with Gasteiger partial charge in [0.2, 0.25) is 5.79 Å². The van der Waals surface area contributed by atoms with E-state index >= 15 is 0 Å². The monoisotopic (exact) mass is 678 g/mol. The first-order valence-electron chi connectivity index (χ1n) is 16.3. The molecule has 10 nitrogen and oxygen atoms in total. The number of nitrogens with zero attached hydrogens (tertiary/aromatic N) is 1. The molecule has 1 aliphatic heterocycles. The lowest BCUT2D eigenvalue weighted by atomic mass is 10.0. The molecule has 2 unspecified atom stereocenters. The third kappa shape index (κ3) is 8.68. The average molecular weight is 679 g/mol. The summed E-state index contributed by atoms with van der Waals surface area (Å²) in [5.41, 5.74) is -0.127. The Kier molecular flexibility index (Phi) is 10.9. The predicted molar refractivity (Wildman–Crippen MR) is 188 cm³/mol. The molecule has 0 spiro atoms. The van der Waals surface area contributed by atoms with Crippen LogP contribution in [0.25, 0.3) is 10.8 Å². The first-order valence-corrected chi connectivity index (χ1v) is 19.2. The molecule has 3 aromatic rings. The van der Waals surface area contributed by atoms with Crippen molar-refractivity contribution < 1.29 is 37.8 Å². The summed E-state index contributed by atoms with van der Waals surface area (Å²) in [5.74, 6) is -1.53. The minimum Gasteiger partial charge on any atom is -0.497 e. The molecule has 1 aliphatic rings. The number of amides is 2. The van der Waals surface area contributed by atoms with Crippen molar-refractivity contribution in [1.29, 1.82) is 0 Å². The Morgan fingerprint density at radius 3 is 2.19 bits per heavy atom. The highest BCUT2D eigenvalue weighted by atomic mass is 28.4. The summed E-state index contributed by atoms with van der Waals surface area (Å²) in [7, 11) is 0.462. The van der Waals surface area contributed by atoms with Crippen LogP contribution in [-0.4, -0.2) is 69.5 Å². The van der Waals surface area contributed by atoms with Crippen LogP contribution in [0.4, 0.5) is 4.79 Å². The summed E-state index contributed by atoms with van der Waals surface area (Å²) in [6.07, 6.45) is -0.820. The van der Waals surface area contributed by atoms with E-state index in [0.29, 0.717) is 23.5 Å². The number of benzene rings is 3. The molecule has 1 saturated heterocycles. The predicted octanol–water partition coefficient (Wildman–Crippen LogP) is 7.91. The zero-order valence-electron chi connectivity index (χ0n) is 29.9. The summed E-state index contributed by atoms with van der Waals surface area (Å²) in [6.45, 7) is 16.1. The molecule has 3 aromatic carbocycles. The molecule has 2 amide bonds. The molecule has 2 atom stereocenters. The van der Waals surface area contributed by atoms with Gasteiger partial charge < -0.3 is 28.7 Å². The summed E-state index contributed by atoms with van der Waals surface area (Å²) >= 11 is 0. The molecule has 11 heteroatoms. The van der Waals surface area contributed by atoms with Crippen molar-refractivity contribution >= 4 is 37.1 Å². The van der Waals surface area contributed by atoms with Crippen molar-refractivity contribution in [2.24, 2.45) is 0 Å². The lowest BCUT2D eigenvalue weighted by Crippen LogP contribution is -2.57. The van der Waals surface area contributed by atoms with Gasteiger partial charge in [0.1, 0.15) is 28.8 Å². The highest BCUT2D eigenvalue weighted by molar-refractivity contribution is 6.74. The number of nitrogens with one attached hydrogen (secondary N) is 1. The quantitative estimate of drug-likeness (QED) is 0.145. The van der Waals surface area contributed by atoms with Crippen molar-refractivity contribution in [3.63, 3.8) is 0 Å². The number of fused-ring (bicyclic) bond motifs is 1. The van der Waals surface area contributed by atoms with Crippen LogP contribution in [0.5, 0.6) is 11.5 Å². The molecule has 260 valence electrons. The number of hydrogen-bond acceptors (Lipinski definition) is 8.